The standard InChI is InChI=1S/C22H22F3N5O2/c1-21(22(24,25)11-32-20(26)30-21)15-7-18-13(6-16(15)23)8-28-19(29-18)17-5-4-14(9-27-17)31-10-12-2-3-12/h4-7,9,12H,2-3,8,10-11H2,1H3,(H2,26,30)(H,28,29)/t21-/m1/s1. The fourth-order valence-corrected chi connectivity index (χ4v) is 3.71. The van der Waals surface area contributed by atoms with E-state index in [9.17, 15) is 13.2 Å². The van der Waals surface area contributed by atoms with Crippen LogP contribution in [0.3, 0.4) is 0 Å². The maximum Gasteiger partial charge on any atom is 0.310 e. The number of alkyl halides is 2. The van der Waals surface area contributed by atoms with Crippen molar-refractivity contribution in [1.82, 2.24) is 4.98 Å². The van der Waals surface area contributed by atoms with Crippen molar-refractivity contribution < 1.29 is 22.6 Å². The molecule has 3 aliphatic rings. The minimum atomic E-state index is -3.45. The Labute approximate surface area is 182 Å². The number of nitrogens with zero attached hydrogens (tertiary/aromatic N) is 3. The Morgan fingerprint density at radius 2 is 2.09 bits per heavy atom. The number of aliphatic imine (C=N–C) groups is 2. The van der Waals surface area contributed by atoms with Gasteiger partial charge >= 0.3 is 5.92 Å². The smallest absolute Gasteiger partial charge is 0.310 e. The Morgan fingerprint density at radius 1 is 1.28 bits per heavy atom. The van der Waals surface area contributed by atoms with Gasteiger partial charge < -0.3 is 20.5 Å². The Kier molecular flexibility index (Phi) is 4.75. The van der Waals surface area contributed by atoms with E-state index in [-0.39, 0.29) is 12.1 Å². The number of fused-ring (bicyclic) bond motifs is 1. The van der Waals surface area contributed by atoms with Crippen LogP contribution in [0.1, 0.15) is 36.6 Å². The van der Waals surface area contributed by atoms with Gasteiger partial charge in [0.2, 0.25) is 0 Å². The average Bonchev–Trinajstić information content (AvgIpc) is 3.59. The molecule has 0 radical (unpaired) electrons. The molecule has 3 N–H and O–H groups in total. The Morgan fingerprint density at radius 3 is 2.81 bits per heavy atom. The van der Waals surface area contributed by atoms with E-state index in [0.717, 1.165) is 6.92 Å². The van der Waals surface area contributed by atoms with Crippen LogP contribution in [-0.2, 0) is 16.8 Å². The molecule has 0 amide bonds. The number of pyridine rings is 1. The molecule has 168 valence electrons. The molecule has 1 saturated carbocycles. The lowest BCUT2D eigenvalue weighted by Gasteiger charge is -2.38. The maximum absolute atomic E-state index is 14.9. The van der Waals surface area contributed by atoms with Gasteiger partial charge in [-0.25, -0.2) is 14.4 Å². The summed E-state index contributed by atoms with van der Waals surface area (Å²) in [6.07, 6.45) is 4.02. The van der Waals surface area contributed by atoms with Crippen molar-refractivity contribution in [3.63, 3.8) is 0 Å². The summed E-state index contributed by atoms with van der Waals surface area (Å²) >= 11 is 0. The molecule has 0 saturated heterocycles. The number of anilines is 1. The molecule has 32 heavy (non-hydrogen) atoms. The fraction of sp³-hybridized carbons (Fsp3) is 0.409. The summed E-state index contributed by atoms with van der Waals surface area (Å²) in [5.74, 6) is -2.49. The Hall–Kier alpha value is -3.30. The van der Waals surface area contributed by atoms with Crippen molar-refractivity contribution in [3.8, 4) is 5.75 Å². The van der Waals surface area contributed by atoms with Gasteiger partial charge in [0, 0.05) is 16.8 Å². The number of nitrogens with two attached hydrogens (primary N) is 1. The third-order valence-electron chi connectivity index (χ3n) is 5.99. The molecule has 1 aliphatic carbocycles. The third-order valence-corrected chi connectivity index (χ3v) is 5.99. The van der Waals surface area contributed by atoms with E-state index < -0.39 is 29.9 Å². The monoisotopic (exact) mass is 445 g/mol. The Balaban J connectivity index is 1.41. The number of nitrogens with one attached hydrogen (secondary N) is 1. The first-order chi connectivity index (χ1) is 15.2. The van der Waals surface area contributed by atoms with Crippen LogP contribution in [-0.4, -0.2) is 36.0 Å². The van der Waals surface area contributed by atoms with E-state index in [1.54, 1.807) is 12.3 Å². The molecule has 2 aliphatic heterocycles. The normalized spacial score (nSPS) is 23.9. The summed E-state index contributed by atoms with van der Waals surface area (Å²) in [5, 5.41) is 3.08. The van der Waals surface area contributed by atoms with Gasteiger partial charge in [-0.05, 0) is 49.9 Å². The lowest BCUT2D eigenvalue weighted by molar-refractivity contribution is -0.117. The number of benzene rings is 1. The van der Waals surface area contributed by atoms with Crippen molar-refractivity contribution in [2.24, 2.45) is 21.6 Å². The first kappa shape index (κ1) is 20.6. The quantitative estimate of drug-likeness (QED) is 0.734. The van der Waals surface area contributed by atoms with Gasteiger partial charge in [0.15, 0.2) is 18.0 Å². The zero-order valence-electron chi connectivity index (χ0n) is 17.4. The van der Waals surface area contributed by atoms with E-state index in [1.165, 1.54) is 25.0 Å². The second kappa shape index (κ2) is 7.39. The van der Waals surface area contributed by atoms with E-state index >= 15 is 0 Å². The molecule has 0 unspecified atom stereocenters. The summed E-state index contributed by atoms with van der Waals surface area (Å²) < 4.78 is 54.7. The van der Waals surface area contributed by atoms with Gasteiger partial charge in [0.05, 0.1) is 19.3 Å². The van der Waals surface area contributed by atoms with E-state index in [4.69, 9.17) is 10.5 Å². The van der Waals surface area contributed by atoms with Crippen LogP contribution in [0.15, 0.2) is 40.4 Å². The number of aromatic nitrogens is 1. The largest absolute Gasteiger partial charge is 0.492 e. The summed E-state index contributed by atoms with van der Waals surface area (Å²) in [7, 11) is 0. The molecule has 1 fully saturated rings. The zero-order valence-corrected chi connectivity index (χ0v) is 17.4. The van der Waals surface area contributed by atoms with E-state index in [0.29, 0.717) is 41.1 Å². The summed E-state index contributed by atoms with van der Waals surface area (Å²) in [4.78, 5) is 12.6. The summed E-state index contributed by atoms with van der Waals surface area (Å²) in [5.41, 5.74) is 4.60. The van der Waals surface area contributed by atoms with Gasteiger partial charge in [-0.3, -0.25) is 4.99 Å². The number of ether oxygens (including phenoxy) is 2. The molecule has 1 aromatic carbocycles. The minimum absolute atomic E-state index is 0.179. The second-order valence-electron chi connectivity index (χ2n) is 8.43. The van der Waals surface area contributed by atoms with Gasteiger partial charge in [0.25, 0.3) is 6.02 Å². The minimum Gasteiger partial charge on any atom is -0.492 e. The molecule has 7 nitrogen and oxygen atoms in total. The number of halogens is 3. The molecular weight excluding hydrogens is 423 g/mol. The van der Waals surface area contributed by atoms with Crippen molar-refractivity contribution in [3.05, 3.63) is 53.1 Å². The molecule has 1 aromatic heterocycles. The van der Waals surface area contributed by atoms with Crippen molar-refractivity contribution in [2.75, 3.05) is 18.5 Å². The molecular formula is C22H22F3N5O2. The van der Waals surface area contributed by atoms with E-state index in [2.05, 4.69) is 25.0 Å². The number of amidine groups is 2. The highest BCUT2D eigenvalue weighted by Gasteiger charge is 2.56. The second-order valence-corrected chi connectivity index (χ2v) is 8.43. The van der Waals surface area contributed by atoms with Gasteiger partial charge in [-0.2, -0.15) is 8.78 Å². The van der Waals surface area contributed by atoms with Crippen LogP contribution in [0, 0.1) is 11.7 Å². The summed E-state index contributed by atoms with van der Waals surface area (Å²) in [6, 6.07) is 5.70. The highest BCUT2D eigenvalue weighted by atomic mass is 19.3. The predicted octanol–water partition coefficient (Wildman–Crippen LogP) is 3.58. The number of hydrogen-bond acceptors (Lipinski definition) is 7. The molecule has 0 spiro atoms. The third kappa shape index (κ3) is 3.63. The molecule has 3 heterocycles. The molecule has 2 aromatic rings. The SMILES string of the molecule is C[C@]1(c2cc3c(cc2F)CN=C(c2ccc(OCC4CC4)cn2)N3)N=C(N)OCC1(F)F. The van der Waals surface area contributed by atoms with Gasteiger partial charge in [-0.15, -0.1) is 0 Å². The molecule has 1 atom stereocenters. The number of rotatable bonds is 5. The fourth-order valence-electron chi connectivity index (χ4n) is 3.71. The van der Waals surface area contributed by atoms with Crippen LogP contribution in [0.5, 0.6) is 5.75 Å². The van der Waals surface area contributed by atoms with Gasteiger partial charge in [0.1, 0.15) is 17.3 Å². The summed E-state index contributed by atoms with van der Waals surface area (Å²) in [6.45, 7) is 1.03. The highest BCUT2D eigenvalue weighted by Crippen LogP contribution is 2.45. The Bertz CT molecular complexity index is 1120. The van der Waals surface area contributed by atoms with Gasteiger partial charge in [-0.1, -0.05) is 0 Å². The number of hydrogen-bond donors (Lipinski definition) is 2. The topological polar surface area (TPSA) is 94.1 Å². The highest BCUT2D eigenvalue weighted by molar-refractivity contribution is 6.08. The van der Waals surface area contributed by atoms with Crippen molar-refractivity contribution in [1.29, 1.82) is 0 Å². The maximum atomic E-state index is 14.9. The van der Waals surface area contributed by atoms with Crippen molar-refractivity contribution in [2.45, 2.75) is 37.8 Å². The van der Waals surface area contributed by atoms with Crippen molar-refractivity contribution >= 4 is 17.5 Å². The van der Waals surface area contributed by atoms with Crippen LogP contribution in [0.25, 0.3) is 0 Å². The first-order valence-electron chi connectivity index (χ1n) is 10.3. The molecule has 10 heteroatoms. The van der Waals surface area contributed by atoms with Crippen LogP contribution in [0.2, 0.25) is 0 Å². The zero-order chi connectivity index (χ0) is 22.5. The lowest BCUT2D eigenvalue weighted by Crippen LogP contribution is -2.51. The lowest BCUT2D eigenvalue weighted by atomic mass is 9.84. The van der Waals surface area contributed by atoms with E-state index in [1.807, 2.05) is 6.07 Å². The molecule has 5 rings (SSSR count). The molecule has 0 bridgehead atoms. The van der Waals surface area contributed by atoms with Crippen LogP contribution in [0.4, 0.5) is 18.9 Å². The predicted molar refractivity (Wildman–Crippen MR) is 113 cm³/mol. The van der Waals surface area contributed by atoms with Crippen LogP contribution < -0.4 is 15.8 Å². The average molecular weight is 445 g/mol. The first-order valence-corrected chi connectivity index (χ1v) is 10.3. The van der Waals surface area contributed by atoms with Crippen LogP contribution >= 0.6 is 0 Å².